The smallest absolute Gasteiger partial charge is 0.324 e. The van der Waals surface area contributed by atoms with Crippen LogP contribution in [0.25, 0.3) is 11.5 Å². The standard InChI is InChI=1S/C16H18ClN3O3S/c1-2-22-16(21)13-10-24-8-7-20(13)9-14-18-19-15(23-14)11-3-5-12(17)6-4-11/h3-6,13H,2,7-10H2,1H3/t13-/m1/s1. The van der Waals surface area contributed by atoms with E-state index in [4.69, 9.17) is 20.8 Å². The number of carbonyl (C=O) groups is 1. The van der Waals surface area contributed by atoms with Crippen molar-refractivity contribution in [3.63, 3.8) is 0 Å². The van der Waals surface area contributed by atoms with Gasteiger partial charge in [0.05, 0.1) is 13.2 Å². The first kappa shape index (κ1) is 17.3. The van der Waals surface area contributed by atoms with Gasteiger partial charge in [-0.1, -0.05) is 11.6 Å². The Bertz CT molecular complexity index is 692. The molecule has 6 nitrogen and oxygen atoms in total. The summed E-state index contributed by atoms with van der Waals surface area (Å²) in [7, 11) is 0. The van der Waals surface area contributed by atoms with E-state index >= 15 is 0 Å². The van der Waals surface area contributed by atoms with Crippen LogP contribution in [0.3, 0.4) is 0 Å². The summed E-state index contributed by atoms with van der Waals surface area (Å²) in [5, 5.41) is 8.83. The van der Waals surface area contributed by atoms with Crippen LogP contribution < -0.4 is 0 Å². The van der Waals surface area contributed by atoms with E-state index in [1.807, 2.05) is 24.0 Å². The van der Waals surface area contributed by atoms with Gasteiger partial charge in [0.2, 0.25) is 11.8 Å². The summed E-state index contributed by atoms with van der Waals surface area (Å²) in [6, 6.07) is 6.95. The highest BCUT2D eigenvalue weighted by molar-refractivity contribution is 7.99. The van der Waals surface area contributed by atoms with E-state index in [0.29, 0.717) is 30.0 Å². The van der Waals surface area contributed by atoms with Gasteiger partial charge in [-0.15, -0.1) is 10.2 Å². The lowest BCUT2D eigenvalue weighted by molar-refractivity contribution is -0.149. The molecule has 24 heavy (non-hydrogen) atoms. The van der Waals surface area contributed by atoms with E-state index in [1.54, 1.807) is 23.9 Å². The molecule has 0 radical (unpaired) electrons. The monoisotopic (exact) mass is 367 g/mol. The van der Waals surface area contributed by atoms with Crippen molar-refractivity contribution in [3.8, 4) is 11.5 Å². The summed E-state index contributed by atoms with van der Waals surface area (Å²) in [5.74, 6) is 2.43. The summed E-state index contributed by atoms with van der Waals surface area (Å²) in [6.07, 6.45) is 0. The highest BCUT2D eigenvalue weighted by Gasteiger charge is 2.31. The Morgan fingerprint density at radius 2 is 2.21 bits per heavy atom. The first-order valence-electron chi connectivity index (χ1n) is 7.74. The van der Waals surface area contributed by atoms with Crippen LogP contribution in [-0.2, 0) is 16.1 Å². The minimum absolute atomic E-state index is 0.192. The second-order valence-electron chi connectivity index (χ2n) is 5.32. The molecule has 3 rings (SSSR count). The van der Waals surface area contributed by atoms with E-state index in [-0.39, 0.29) is 12.0 Å². The second kappa shape index (κ2) is 8.00. The lowest BCUT2D eigenvalue weighted by Crippen LogP contribution is -2.47. The maximum atomic E-state index is 12.1. The molecule has 1 aromatic carbocycles. The summed E-state index contributed by atoms with van der Waals surface area (Å²) >= 11 is 7.64. The molecular formula is C16H18ClN3O3S. The van der Waals surface area contributed by atoms with Gasteiger partial charge < -0.3 is 9.15 Å². The van der Waals surface area contributed by atoms with Gasteiger partial charge >= 0.3 is 5.97 Å². The van der Waals surface area contributed by atoms with Gasteiger partial charge in [0.1, 0.15) is 6.04 Å². The van der Waals surface area contributed by atoms with Crippen molar-refractivity contribution in [2.24, 2.45) is 0 Å². The highest BCUT2D eigenvalue weighted by Crippen LogP contribution is 2.23. The Morgan fingerprint density at radius 1 is 1.42 bits per heavy atom. The van der Waals surface area contributed by atoms with E-state index in [1.165, 1.54) is 0 Å². The third-order valence-corrected chi connectivity index (χ3v) is 4.97. The fourth-order valence-corrected chi connectivity index (χ4v) is 3.71. The van der Waals surface area contributed by atoms with Crippen molar-refractivity contribution in [2.75, 3.05) is 24.7 Å². The topological polar surface area (TPSA) is 68.5 Å². The largest absolute Gasteiger partial charge is 0.465 e. The van der Waals surface area contributed by atoms with Crippen LogP contribution in [-0.4, -0.2) is 51.8 Å². The zero-order chi connectivity index (χ0) is 16.9. The molecule has 8 heteroatoms. The molecule has 0 unspecified atom stereocenters. The number of thioether (sulfide) groups is 1. The van der Waals surface area contributed by atoms with Gasteiger partial charge in [-0.25, -0.2) is 0 Å². The number of hydrogen-bond acceptors (Lipinski definition) is 7. The van der Waals surface area contributed by atoms with E-state index in [2.05, 4.69) is 10.2 Å². The molecule has 2 heterocycles. The van der Waals surface area contributed by atoms with Crippen LogP contribution in [0.15, 0.2) is 28.7 Å². The number of aromatic nitrogens is 2. The van der Waals surface area contributed by atoms with Gasteiger partial charge in [0, 0.05) is 28.6 Å². The van der Waals surface area contributed by atoms with Crippen LogP contribution in [0.5, 0.6) is 0 Å². The third-order valence-electron chi connectivity index (χ3n) is 3.69. The molecule has 0 saturated carbocycles. The van der Waals surface area contributed by atoms with Gasteiger partial charge in [-0.3, -0.25) is 9.69 Å². The first-order valence-corrected chi connectivity index (χ1v) is 9.27. The van der Waals surface area contributed by atoms with Crippen molar-refractivity contribution in [1.29, 1.82) is 0 Å². The number of halogens is 1. The van der Waals surface area contributed by atoms with Crippen molar-refractivity contribution < 1.29 is 13.9 Å². The number of esters is 1. The van der Waals surface area contributed by atoms with Crippen LogP contribution >= 0.6 is 23.4 Å². The minimum atomic E-state index is -0.269. The molecular weight excluding hydrogens is 350 g/mol. The van der Waals surface area contributed by atoms with Crippen molar-refractivity contribution >= 4 is 29.3 Å². The lowest BCUT2D eigenvalue weighted by Gasteiger charge is -2.32. The van der Waals surface area contributed by atoms with E-state index in [9.17, 15) is 4.79 Å². The van der Waals surface area contributed by atoms with Crippen LogP contribution in [0.1, 0.15) is 12.8 Å². The van der Waals surface area contributed by atoms with Gasteiger partial charge in [-0.05, 0) is 31.2 Å². The molecule has 1 fully saturated rings. The van der Waals surface area contributed by atoms with E-state index < -0.39 is 0 Å². The molecule has 0 aliphatic carbocycles. The SMILES string of the molecule is CCOC(=O)[C@H]1CSCCN1Cc1nnc(-c2ccc(Cl)cc2)o1. The second-order valence-corrected chi connectivity index (χ2v) is 6.91. The number of hydrogen-bond donors (Lipinski definition) is 0. The maximum absolute atomic E-state index is 12.1. The third kappa shape index (κ3) is 4.09. The number of benzene rings is 1. The zero-order valence-corrected chi connectivity index (χ0v) is 14.8. The van der Waals surface area contributed by atoms with Gasteiger partial charge in [-0.2, -0.15) is 11.8 Å². The van der Waals surface area contributed by atoms with Crippen LogP contribution in [0, 0.1) is 0 Å². The Kier molecular flexibility index (Phi) is 5.76. The minimum Gasteiger partial charge on any atom is -0.465 e. The Morgan fingerprint density at radius 3 is 2.96 bits per heavy atom. The highest BCUT2D eigenvalue weighted by atomic mass is 35.5. The van der Waals surface area contributed by atoms with Gasteiger partial charge in [0.15, 0.2) is 0 Å². The number of carbonyl (C=O) groups excluding carboxylic acids is 1. The fourth-order valence-electron chi connectivity index (χ4n) is 2.48. The molecule has 1 aliphatic heterocycles. The van der Waals surface area contributed by atoms with E-state index in [0.717, 1.165) is 23.6 Å². The molecule has 0 bridgehead atoms. The summed E-state index contributed by atoms with van der Waals surface area (Å²) < 4.78 is 10.9. The normalized spacial score (nSPS) is 18.5. The van der Waals surface area contributed by atoms with Gasteiger partial charge in [0.25, 0.3) is 0 Å². The molecule has 0 spiro atoms. The van der Waals surface area contributed by atoms with Crippen LogP contribution in [0.4, 0.5) is 0 Å². The molecule has 0 amide bonds. The average molecular weight is 368 g/mol. The fraction of sp³-hybridized carbons (Fsp3) is 0.438. The number of rotatable bonds is 5. The van der Waals surface area contributed by atoms with Crippen molar-refractivity contribution in [3.05, 3.63) is 35.2 Å². The molecule has 1 aliphatic rings. The Hall–Kier alpha value is -1.57. The number of nitrogens with zero attached hydrogens (tertiary/aromatic N) is 3. The summed E-state index contributed by atoms with van der Waals surface area (Å²) in [6.45, 7) is 3.42. The van der Waals surface area contributed by atoms with Crippen LogP contribution in [0.2, 0.25) is 5.02 Å². The first-order chi connectivity index (χ1) is 11.7. The molecule has 2 aromatic rings. The zero-order valence-electron chi connectivity index (χ0n) is 13.3. The Labute approximate surface area is 149 Å². The molecule has 128 valence electrons. The number of ether oxygens (including phenoxy) is 1. The molecule has 1 saturated heterocycles. The van der Waals surface area contributed by atoms with Crippen molar-refractivity contribution in [2.45, 2.75) is 19.5 Å². The predicted octanol–water partition coefficient (Wildman–Crippen LogP) is 2.87. The molecule has 1 atom stereocenters. The quantitative estimate of drug-likeness (QED) is 0.752. The Balaban J connectivity index is 1.70. The maximum Gasteiger partial charge on any atom is 0.324 e. The predicted molar refractivity (Wildman–Crippen MR) is 92.9 cm³/mol. The average Bonchev–Trinajstić information content (AvgIpc) is 3.05. The lowest BCUT2D eigenvalue weighted by atomic mass is 10.2. The summed E-state index contributed by atoms with van der Waals surface area (Å²) in [4.78, 5) is 14.1. The molecule has 0 N–H and O–H groups in total. The van der Waals surface area contributed by atoms with Crippen molar-refractivity contribution in [1.82, 2.24) is 15.1 Å². The summed E-state index contributed by atoms with van der Waals surface area (Å²) in [5.41, 5.74) is 0.814. The molecule has 1 aromatic heterocycles.